The molecule has 2 aromatic rings. The standard InChI is InChI=1S/C8H9FN4/c1-13-6-4-2-3-5(9)7(6)11-8(13)12-10/h2-4H,10H2,1H3,(H,11,12). The summed E-state index contributed by atoms with van der Waals surface area (Å²) in [4.78, 5) is 3.98. The minimum Gasteiger partial charge on any atom is -0.312 e. The van der Waals surface area contributed by atoms with Crippen LogP contribution in [0.2, 0.25) is 0 Å². The summed E-state index contributed by atoms with van der Waals surface area (Å²) in [7, 11) is 1.77. The molecule has 0 fully saturated rings. The Bertz CT molecular complexity index is 449. The van der Waals surface area contributed by atoms with E-state index in [0.717, 1.165) is 0 Å². The topological polar surface area (TPSA) is 55.9 Å². The molecule has 13 heavy (non-hydrogen) atoms. The van der Waals surface area contributed by atoms with Crippen molar-refractivity contribution in [3.63, 3.8) is 0 Å². The average molecular weight is 180 g/mol. The lowest BCUT2D eigenvalue weighted by Crippen LogP contribution is -2.11. The summed E-state index contributed by atoms with van der Waals surface area (Å²) in [6.45, 7) is 0. The number of para-hydroxylation sites is 1. The van der Waals surface area contributed by atoms with E-state index in [4.69, 9.17) is 5.84 Å². The molecule has 3 N–H and O–H groups in total. The predicted molar refractivity (Wildman–Crippen MR) is 48.5 cm³/mol. The molecule has 0 atom stereocenters. The number of fused-ring (bicyclic) bond motifs is 1. The van der Waals surface area contributed by atoms with Gasteiger partial charge in [0.1, 0.15) is 5.52 Å². The van der Waals surface area contributed by atoms with Gasteiger partial charge in [0.2, 0.25) is 5.95 Å². The molecule has 0 aliphatic carbocycles. The number of imidazole rings is 1. The Morgan fingerprint density at radius 2 is 2.31 bits per heavy atom. The molecule has 68 valence electrons. The van der Waals surface area contributed by atoms with E-state index in [1.807, 2.05) is 0 Å². The molecular formula is C8H9FN4. The number of benzene rings is 1. The largest absolute Gasteiger partial charge is 0.312 e. The molecule has 4 nitrogen and oxygen atoms in total. The van der Waals surface area contributed by atoms with Crippen LogP contribution in [0.25, 0.3) is 11.0 Å². The molecule has 0 spiro atoms. The predicted octanol–water partition coefficient (Wildman–Crippen LogP) is 0.998. The smallest absolute Gasteiger partial charge is 0.218 e. The summed E-state index contributed by atoms with van der Waals surface area (Å²) < 4.78 is 14.9. The number of hydrazine groups is 1. The SMILES string of the molecule is Cn1c(NN)nc2c(F)cccc21. The van der Waals surface area contributed by atoms with E-state index in [0.29, 0.717) is 17.0 Å². The second-order valence-corrected chi connectivity index (χ2v) is 2.75. The Balaban J connectivity index is 2.83. The maximum absolute atomic E-state index is 13.2. The molecule has 2 rings (SSSR count). The summed E-state index contributed by atoms with van der Waals surface area (Å²) >= 11 is 0. The van der Waals surface area contributed by atoms with Crippen LogP contribution in [-0.4, -0.2) is 9.55 Å². The minimum atomic E-state index is -0.338. The average Bonchev–Trinajstić information content (AvgIpc) is 2.45. The van der Waals surface area contributed by atoms with Gasteiger partial charge >= 0.3 is 0 Å². The van der Waals surface area contributed by atoms with Gasteiger partial charge < -0.3 is 4.57 Å². The maximum Gasteiger partial charge on any atom is 0.218 e. The zero-order valence-corrected chi connectivity index (χ0v) is 7.08. The van der Waals surface area contributed by atoms with E-state index < -0.39 is 0 Å². The van der Waals surface area contributed by atoms with Crippen LogP contribution in [0.5, 0.6) is 0 Å². The lowest BCUT2D eigenvalue weighted by molar-refractivity contribution is 0.637. The zero-order chi connectivity index (χ0) is 9.42. The van der Waals surface area contributed by atoms with Crippen molar-refractivity contribution in [3.05, 3.63) is 24.0 Å². The number of aromatic nitrogens is 2. The van der Waals surface area contributed by atoms with Gasteiger partial charge in [-0.05, 0) is 12.1 Å². The van der Waals surface area contributed by atoms with E-state index in [1.165, 1.54) is 6.07 Å². The number of aryl methyl sites for hydroxylation is 1. The molecule has 0 unspecified atom stereocenters. The molecule has 0 saturated carbocycles. The lowest BCUT2D eigenvalue weighted by atomic mass is 10.3. The van der Waals surface area contributed by atoms with Crippen molar-refractivity contribution in [2.75, 3.05) is 5.43 Å². The maximum atomic E-state index is 13.2. The van der Waals surface area contributed by atoms with E-state index in [1.54, 1.807) is 23.7 Å². The number of hydrogen-bond donors (Lipinski definition) is 2. The normalized spacial score (nSPS) is 10.7. The number of anilines is 1. The third-order valence-electron chi connectivity index (χ3n) is 1.99. The summed E-state index contributed by atoms with van der Waals surface area (Å²) in [5.41, 5.74) is 3.44. The fourth-order valence-corrected chi connectivity index (χ4v) is 1.31. The van der Waals surface area contributed by atoms with Gasteiger partial charge in [0.25, 0.3) is 0 Å². The molecule has 1 aromatic heterocycles. The summed E-state index contributed by atoms with van der Waals surface area (Å²) in [6, 6.07) is 4.79. The fraction of sp³-hybridized carbons (Fsp3) is 0.125. The first-order chi connectivity index (χ1) is 6.24. The number of nitrogen functional groups attached to an aromatic ring is 1. The van der Waals surface area contributed by atoms with Crippen LogP contribution in [0.3, 0.4) is 0 Å². The van der Waals surface area contributed by atoms with Gasteiger partial charge in [-0.1, -0.05) is 6.07 Å². The number of rotatable bonds is 1. The van der Waals surface area contributed by atoms with Gasteiger partial charge in [-0.25, -0.2) is 15.2 Å². The first-order valence-electron chi connectivity index (χ1n) is 3.81. The van der Waals surface area contributed by atoms with Crippen molar-refractivity contribution in [2.45, 2.75) is 0 Å². The van der Waals surface area contributed by atoms with Crippen LogP contribution in [0, 0.1) is 5.82 Å². The summed E-state index contributed by atoms with van der Waals surface area (Å²) in [6.07, 6.45) is 0. The summed E-state index contributed by atoms with van der Waals surface area (Å²) in [5.74, 6) is 5.32. The van der Waals surface area contributed by atoms with Crippen molar-refractivity contribution in [1.82, 2.24) is 9.55 Å². The molecule has 5 heteroatoms. The Labute approximate surface area is 74.1 Å². The Morgan fingerprint density at radius 1 is 1.54 bits per heavy atom. The number of nitrogens with one attached hydrogen (secondary N) is 1. The Morgan fingerprint density at radius 3 is 2.92 bits per heavy atom. The van der Waals surface area contributed by atoms with Crippen molar-refractivity contribution in [3.8, 4) is 0 Å². The molecule has 0 aliphatic heterocycles. The third kappa shape index (κ3) is 1.05. The zero-order valence-electron chi connectivity index (χ0n) is 7.08. The van der Waals surface area contributed by atoms with E-state index in [9.17, 15) is 4.39 Å². The van der Waals surface area contributed by atoms with Crippen LogP contribution in [0.1, 0.15) is 0 Å². The molecule has 0 radical (unpaired) electrons. The van der Waals surface area contributed by atoms with Crippen molar-refractivity contribution in [2.24, 2.45) is 12.9 Å². The monoisotopic (exact) mass is 180 g/mol. The third-order valence-corrected chi connectivity index (χ3v) is 1.99. The van der Waals surface area contributed by atoms with Crippen LogP contribution >= 0.6 is 0 Å². The van der Waals surface area contributed by atoms with E-state index in [-0.39, 0.29) is 5.82 Å². The van der Waals surface area contributed by atoms with Crippen molar-refractivity contribution < 1.29 is 4.39 Å². The first-order valence-corrected chi connectivity index (χ1v) is 3.81. The Hall–Kier alpha value is -1.62. The number of hydrogen-bond acceptors (Lipinski definition) is 3. The van der Waals surface area contributed by atoms with E-state index in [2.05, 4.69) is 10.4 Å². The van der Waals surface area contributed by atoms with Gasteiger partial charge in [0.15, 0.2) is 5.82 Å². The van der Waals surface area contributed by atoms with Crippen molar-refractivity contribution >= 4 is 17.0 Å². The van der Waals surface area contributed by atoms with Crippen LogP contribution in [-0.2, 0) is 7.05 Å². The molecule has 0 aliphatic rings. The number of nitrogens with zero attached hydrogens (tertiary/aromatic N) is 2. The lowest BCUT2D eigenvalue weighted by Gasteiger charge is -1.98. The second kappa shape index (κ2) is 2.70. The van der Waals surface area contributed by atoms with Crippen molar-refractivity contribution in [1.29, 1.82) is 0 Å². The number of nitrogens with two attached hydrogens (primary N) is 1. The van der Waals surface area contributed by atoms with Gasteiger partial charge in [-0.3, -0.25) is 5.43 Å². The number of halogens is 1. The van der Waals surface area contributed by atoms with Gasteiger partial charge in [-0.2, -0.15) is 0 Å². The fourth-order valence-electron chi connectivity index (χ4n) is 1.31. The van der Waals surface area contributed by atoms with Crippen LogP contribution in [0.4, 0.5) is 10.3 Å². The molecule has 0 amide bonds. The quantitative estimate of drug-likeness (QED) is 0.508. The molecule has 0 saturated heterocycles. The summed E-state index contributed by atoms with van der Waals surface area (Å²) in [5, 5.41) is 0. The van der Waals surface area contributed by atoms with Crippen LogP contribution in [0.15, 0.2) is 18.2 Å². The van der Waals surface area contributed by atoms with Gasteiger partial charge in [0.05, 0.1) is 5.52 Å². The minimum absolute atomic E-state index is 0.331. The second-order valence-electron chi connectivity index (χ2n) is 2.75. The van der Waals surface area contributed by atoms with E-state index >= 15 is 0 Å². The first kappa shape index (κ1) is 8.00. The molecule has 1 aromatic carbocycles. The molecular weight excluding hydrogens is 171 g/mol. The highest BCUT2D eigenvalue weighted by Crippen LogP contribution is 2.19. The Kier molecular flexibility index (Phi) is 1.66. The highest BCUT2D eigenvalue weighted by molar-refractivity contribution is 5.79. The highest BCUT2D eigenvalue weighted by atomic mass is 19.1. The van der Waals surface area contributed by atoms with Crippen LogP contribution < -0.4 is 11.3 Å². The molecule has 1 heterocycles. The van der Waals surface area contributed by atoms with Gasteiger partial charge in [-0.15, -0.1) is 0 Å². The van der Waals surface area contributed by atoms with Gasteiger partial charge in [0, 0.05) is 7.05 Å². The molecule has 0 bridgehead atoms. The highest BCUT2D eigenvalue weighted by Gasteiger charge is 2.08.